The zero-order chi connectivity index (χ0) is 8.89. The molecule has 13 heavy (non-hydrogen) atoms. The van der Waals surface area contributed by atoms with E-state index in [1.165, 1.54) is 19.3 Å². The molecule has 1 atom stereocenters. The summed E-state index contributed by atoms with van der Waals surface area (Å²) in [4.78, 5) is 14.0. The summed E-state index contributed by atoms with van der Waals surface area (Å²) < 4.78 is 0. The molecule has 3 aliphatic rings. The van der Waals surface area contributed by atoms with Gasteiger partial charge in [0.25, 0.3) is 0 Å². The van der Waals surface area contributed by atoms with Crippen LogP contribution in [0, 0.1) is 11.3 Å². The largest absolute Gasteiger partial charge is 0.340 e. The fraction of sp³-hybridized carbons (Fsp3) is 0.900. The van der Waals surface area contributed by atoms with Crippen LogP contribution in [0.2, 0.25) is 0 Å². The van der Waals surface area contributed by atoms with Crippen LogP contribution in [0.4, 0.5) is 0 Å². The molecule has 1 unspecified atom stereocenters. The topological polar surface area (TPSA) is 32.3 Å². The van der Waals surface area contributed by atoms with Gasteiger partial charge >= 0.3 is 0 Å². The van der Waals surface area contributed by atoms with E-state index in [1.807, 2.05) is 4.90 Å². The number of rotatable bonds is 1. The lowest BCUT2D eigenvalue weighted by atomic mass is 10.2. The van der Waals surface area contributed by atoms with E-state index in [0.717, 1.165) is 26.2 Å². The molecule has 0 aromatic heterocycles. The number of carbonyl (C=O) groups is 1. The number of carbonyl (C=O) groups excluding carboxylic acids is 1. The highest BCUT2D eigenvalue weighted by Gasteiger charge is 2.66. The lowest BCUT2D eigenvalue weighted by Crippen LogP contribution is -2.47. The molecule has 1 heterocycles. The van der Waals surface area contributed by atoms with E-state index < -0.39 is 0 Å². The predicted octanol–water partition coefficient (Wildman–Crippen LogP) is 0.218. The molecule has 1 saturated heterocycles. The summed E-state index contributed by atoms with van der Waals surface area (Å²) in [5, 5.41) is 3.27. The molecular formula is C10H16N2O. The zero-order valence-corrected chi connectivity index (χ0v) is 7.88. The van der Waals surface area contributed by atoms with Crippen molar-refractivity contribution < 1.29 is 4.79 Å². The number of hydrogen-bond donors (Lipinski definition) is 1. The maximum absolute atomic E-state index is 11.9. The van der Waals surface area contributed by atoms with E-state index in [1.54, 1.807) is 0 Å². The molecule has 2 aliphatic carbocycles. The van der Waals surface area contributed by atoms with Crippen molar-refractivity contribution in [2.75, 3.05) is 26.2 Å². The third-order valence-corrected chi connectivity index (χ3v) is 3.81. The van der Waals surface area contributed by atoms with Gasteiger partial charge < -0.3 is 10.2 Å². The van der Waals surface area contributed by atoms with E-state index in [-0.39, 0.29) is 0 Å². The first-order valence-corrected chi connectivity index (χ1v) is 5.31. The first-order chi connectivity index (χ1) is 6.32. The fourth-order valence-electron chi connectivity index (χ4n) is 2.52. The van der Waals surface area contributed by atoms with Crippen LogP contribution in [0.15, 0.2) is 0 Å². The van der Waals surface area contributed by atoms with Crippen LogP contribution in [0.3, 0.4) is 0 Å². The second-order valence-corrected chi connectivity index (χ2v) is 4.69. The average Bonchev–Trinajstić information content (AvgIpc) is 3.09. The molecule has 0 radical (unpaired) electrons. The Kier molecular flexibility index (Phi) is 1.48. The minimum absolute atomic E-state index is 0.422. The molecule has 1 aliphatic heterocycles. The Morgan fingerprint density at radius 2 is 2.00 bits per heavy atom. The van der Waals surface area contributed by atoms with Gasteiger partial charge in [0.1, 0.15) is 0 Å². The van der Waals surface area contributed by atoms with Crippen molar-refractivity contribution in [1.29, 1.82) is 0 Å². The van der Waals surface area contributed by atoms with Crippen molar-refractivity contribution in [3.63, 3.8) is 0 Å². The molecule has 1 N–H and O–H groups in total. The van der Waals surface area contributed by atoms with Gasteiger partial charge in [-0.25, -0.2) is 0 Å². The van der Waals surface area contributed by atoms with Crippen LogP contribution < -0.4 is 5.32 Å². The quantitative estimate of drug-likeness (QED) is 0.626. The van der Waals surface area contributed by atoms with Crippen LogP contribution in [0.1, 0.15) is 19.3 Å². The Balaban J connectivity index is 1.61. The van der Waals surface area contributed by atoms with Gasteiger partial charge in [-0.3, -0.25) is 4.79 Å². The Hall–Kier alpha value is -0.570. The molecule has 72 valence electrons. The maximum atomic E-state index is 11.9. The first-order valence-electron chi connectivity index (χ1n) is 5.31. The fourth-order valence-corrected chi connectivity index (χ4v) is 2.52. The number of nitrogens with one attached hydrogen (secondary N) is 1. The monoisotopic (exact) mass is 180 g/mol. The molecule has 1 spiro atoms. The molecule has 3 nitrogen and oxygen atoms in total. The minimum Gasteiger partial charge on any atom is -0.340 e. The normalized spacial score (nSPS) is 34.8. The average molecular weight is 180 g/mol. The Morgan fingerprint density at radius 3 is 2.54 bits per heavy atom. The van der Waals surface area contributed by atoms with Crippen LogP contribution in [0.25, 0.3) is 0 Å². The van der Waals surface area contributed by atoms with E-state index >= 15 is 0 Å². The van der Waals surface area contributed by atoms with Crippen molar-refractivity contribution in [3.05, 3.63) is 0 Å². The highest BCUT2D eigenvalue weighted by atomic mass is 16.2. The van der Waals surface area contributed by atoms with Gasteiger partial charge in [0, 0.05) is 32.1 Å². The summed E-state index contributed by atoms with van der Waals surface area (Å²) >= 11 is 0. The lowest BCUT2D eigenvalue weighted by molar-refractivity contribution is -0.133. The minimum atomic E-state index is 0.422. The number of piperazine rings is 1. The summed E-state index contributed by atoms with van der Waals surface area (Å²) in [6.45, 7) is 3.80. The van der Waals surface area contributed by atoms with Crippen molar-refractivity contribution in [2.45, 2.75) is 19.3 Å². The van der Waals surface area contributed by atoms with E-state index in [0.29, 0.717) is 17.2 Å². The standard InChI is InChI=1S/C10H16N2O/c13-9(8-7-10(8)1-2-10)12-5-3-11-4-6-12/h8,11H,1-7H2. The number of nitrogens with zero attached hydrogens (tertiary/aromatic N) is 1. The SMILES string of the molecule is O=C(C1CC12CC2)N1CCNCC1. The van der Waals surface area contributed by atoms with Crippen LogP contribution in [0.5, 0.6) is 0 Å². The summed E-state index contributed by atoms with van der Waals surface area (Å²) in [5.41, 5.74) is 0.530. The highest BCUT2D eigenvalue weighted by Crippen LogP contribution is 2.70. The third-order valence-electron chi connectivity index (χ3n) is 3.81. The molecule has 3 heteroatoms. The summed E-state index contributed by atoms with van der Waals surface area (Å²) in [6.07, 6.45) is 3.82. The summed E-state index contributed by atoms with van der Waals surface area (Å²) in [5.74, 6) is 0.865. The Bertz CT molecular complexity index is 241. The maximum Gasteiger partial charge on any atom is 0.226 e. The Morgan fingerprint density at radius 1 is 1.31 bits per heavy atom. The third kappa shape index (κ3) is 1.17. The second kappa shape index (κ2) is 2.47. The van der Waals surface area contributed by atoms with Crippen molar-refractivity contribution >= 4 is 5.91 Å². The molecule has 0 aromatic carbocycles. The van der Waals surface area contributed by atoms with Gasteiger partial charge in [-0.1, -0.05) is 0 Å². The molecule has 3 fully saturated rings. The molecular weight excluding hydrogens is 164 g/mol. The molecule has 0 aromatic rings. The smallest absolute Gasteiger partial charge is 0.226 e. The molecule has 3 rings (SSSR count). The van der Waals surface area contributed by atoms with E-state index in [2.05, 4.69) is 5.32 Å². The second-order valence-electron chi connectivity index (χ2n) is 4.69. The van der Waals surface area contributed by atoms with Gasteiger partial charge in [0.15, 0.2) is 0 Å². The summed E-state index contributed by atoms with van der Waals surface area (Å²) in [6, 6.07) is 0. The molecule has 0 bridgehead atoms. The van der Waals surface area contributed by atoms with Gasteiger partial charge in [-0.05, 0) is 24.7 Å². The number of amides is 1. The van der Waals surface area contributed by atoms with Gasteiger partial charge in [0.05, 0.1) is 0 Å². The highest BCUT2D eigenvalue weighted by molar-refractivity contribution is 5.83. The van der Waals surface area contributed by atoms with Gasteiger partial charge in [-0.15, -0.1) is 0 Å². The zero-order valence-electron chi connectivity index (χ0n) is 7.88. The number of hydrogen-bond acceptors (Lipinski definition) is 2. The van der Waals surface area contributed by atoms with Crippen LogP contribution in [-0.2, 0) is 4.79 Å². The van der Waals surface area contributed by atoms with Gasteiger partial charge in [0.2, 0.25) is 5.91 Å². The van der Waals surface area contributed by atoms with Crippen LogP contribution >= 0.6 is 0 Å². The van der Waals surface area contributed by atoms with Crippen molar-refractivity contribution in [3.8, 4) is 0 Å². The van der Waals surface area contributed by atoms with Crippen molar-refractivity contribution in [2.24, 2.45) is 11.3 Å². The summed E-state index contributed by atoms with van der Waals surface area (Å²) in [7, 11) is 0. The molecule has 2 saturated carbocycles. The van der Waals surface area contributed by atoms with Crippen molar-refractivity contribution in [1.82, 2.24) is 10.2 Å². The van der Waals surface area contributed by atoms with Gasteiger partial charge in [-0.2, -0.15) is 0 Å². The first kappa shape index (κ1) is 7.80. The molecule has 1 amide bonds. The van der Waals surface area contributed by atoms with E-state index in [9.17, 15) is 4.79 Å². The van der Waals surface area contributed by atoms with E-state index in [4.69, 9.17) is 0 Å². The predicted molar refractivity (Wildman–Crippen MR) is 49.2 cm³/mol. The lowest BCUT2D eigenvalue weighted by Gasteiger charge is -2.27. The Labute approximate surface area is 78.5 Å². The van der Waals surface area contributed by atoms with Crippen LogP contribution in [-0.4, -0.2) is 37.0 Å².